The van der Waals surface area contributed by atoms with Crippen LogP contribution >= 0.6 is 63.7 Å². The van der Waals surface area contributed by atoms with Gasteiger partial charge in [0.25, 0.3) is 0 Å². The second kappa shape index (κ2) is 5.41. The summed E-state index contributed by atoms with van der Waals surface area (Å²) in [6.07, 6.45) is -0.662. The summed E-state index contributed by atoms with van der Waals surface area (Å²) in [6, 6.07) is 1.83. The van der Waals surface area contributed by atoms with E-state index in [9.17, 15) is 5.11 Å². The van der Waals surface area contributed by atoms with E-state index in [1.807, 2.05) is 6.07 Å². The molecule has 3 N–H and O–H groups in total. The number of hydrogen-bond acceptors (Lipinski definition) is 2. The summed E-state index contributed by atoms with van der Waals surface area (Å²) < 4.78 is 3.44. The van der Waals surface area contributed by atoms with Gasteiger partial charge in [-0.05, 0) is 75.3 Å². The van der Waals surface area contributed by atoms with Gasteiger partial charge >= 0.3 is 0 Å². The third-order valence-corrected chi connectivity index (χ3v) is 6.41. The predicted octanol–water partition coefficient (Wildman–Crippen LogP) is 3.73. The second-order valence-corrected chi connectivity index (χ2v) is 5.87. The zero-order valence-electron chi connectivity index (χ0n) is 6.90. The Morgan fingerprint density at radius 2 is 1.71 bits per heavy atom. The third kappa shape index (κ3) is 2.59. The Labute approximate surface area is 116 Å². The van der Waals surface area contributed by atoms with E-state index in [0.717, 1.165) is 23.5 Å². The normalized spacial score (nSPS) is 13.0. The van der Waals surface area contributed by atoms with Gasteiger partial charge in [-0.1, -0.05) is 0 Å². The van der Waals surface area contributed by atoms with Crippen molar-refractivity contribution in [3.05, 3.63) is 29.5 Å². The number of halogens is 4. The van der Waals surface area contributed by atoms with Gasteiger partial charge in [0.1, 0.15) is 0 Å². The number of aliphatic hydroxyl groups excluding tert-OH is 1. The van der Waals surface area contributed by atoms with Gasteiger partial charge in [-0.2, -0.15) is 0 Å². The molecule has 0 aromatic heterocycles. The van der Waals surface area contributed by atoms with Crippen LogP contribution in [0.15, 0.2) is 24.0 Å². The maximum atomic E-state index is 9.64. The highest BCUT2D eigenvalue weighted by atomic mass is 79.9. The number of nitrogens with two attached hydrogens (primary N) is 1. The number of benzene rings is 1. The first-order valence-corrected chi connectivity index (χ1v) is 6.87. The molecule has 0 fully saturated rings. The quantitative estimate of drug-likeness (QED) is 0.531. The van der Waals surface area contributed by atoms with Gasteiger partial charge in [0.05, 0.1) is 6.10 Å². The second-order valence-electron chi connectivity index (χ2n) is 2.64. The van der Waals surface area contributed by atoms with Crippen LogP contribution in [0.4, 0.5) is 0 Å². The summed E-state index contributed by atoms with van der Waals surface area (Å²) in [5.74, 6) is 0. The van der Waals surface area contributed by atoms with Crippen LogP contribution in [0, 0.1) is 0 Å². The molecule has 1 atom stereocenters. The first-order valence-electron chi connectivity index (χ1n) is 3.70. The highest BCUT2D eigenvalue weighted by Gasteiger charge is 2.16. The van der Waals surface area contributed by atoms with E-state index in [0.29, 0.717) is 0 Å². The van der Waals surface area contributed by atoms with Crippen molar-refractivity contribution >= 4 is 63.7 Å². The van der Waals surface area contributed by atoms with E-state index in [1.165, 1.54) is 0 Å². The van der Waals surface area contributed by atoms with Gasteiger partial charge < -0.3 is 10.8 Å². The van der Waals surface area contributed by atoms with Crippen molar-refractivity contribution in [1.29, 1.82) is 0 Å². The van der Waals surface area contributed by atoms with Crippen LogP contribution in [0.25, 0.3) is 0 Å². The van der Waals surface area contributed by atoms with Crippen LogP contribution in [-0.4, -0.2) is 11.7 Å². The molecule has 1 aromatic rings. The molecule has 78 valence electrons. The maximum absolute atomic E-state index is 9.64. The van der Waals surface area contributed by atoms with Crippen LogP contribution in [0.1, 0.15) is 11.7 Å². The average Bonchev–Trinajstić information content (AvgIpc) is 2.19. The minimum Gasteiger partial charge on any atom is -0.387 e. The van der Waals surface area contributed by atoms with Crippen molar-refractivity contribution < 1.29 is 5.11 Å². The van der Waals surface area contributed by atoms with Gasteiger partial charge in [0, 0.05) is 24.4 Å². The molecule has 1 rings (SSSR count). The zero-order chi connectivity index (χ0) is 10.9. The van der Waals surface area contributed by atoms with Gasteiger partial charge in [-0.3, -0.25) is 0 Å². The van der Waals surface area contributed by atoms with E-state index >= 15 is 0 Å². The summed E-state index contributed by atoms with van der Waals surface area (Å²) in [7, 11) is 0. The number of rotatable bonds is 2. The van der Waals surface area contributed by atoms with Crippen molar-refractivity contribution in [3.8, 4) is 0 Å². The lowest BCUT2D eigenvalue weighted by molar-refractivity contribution is 0.186. The van der Waals surface area contributed by atoms with E-state index in [4.69, 9.17) is 5.73 Å². The number of aliphatic hydroxyl groups is 1. The smallest absolute Gasteiger partial charge is 0.0923 e. The lowest BCUT2D eigenvalue weighted by Gasteiger charge is -2.13. The SMILES string of the molecule is NC[C@H](O)c1cc(Br)c(Br)c(Br)c1Br. The highest BCUT2D eigenvalue weighted by molar-refractivity contribution is 9.15. The molecule has 0 aliphatic rings. The monoisotopic (exact) mass is 449 g/mol. The Morgan fingerprint density at radius 3 is 2.21 bits per heavy atom. The minimum absolute atomic E-state index is 0.194. The lowest BCUT2D eigenvalue weighted by atomic mass is 10.1. The zero-order valence-corrected chi connectivity index (χ0v) is 13.2. The third-order valence-electron chi connectivity index (χ3n) is 1.71. The van der Waals surface area contributed by atoms with E-state index in [1.54, 1.807) is 0 Å². The van der Waals surface area contributed by atoms with Crippen molar-refractivity contribution in [3.63, 3.8) is 0 Å². The first-order chi connectivity index (χ1) is 6.49. The van der Waals surface area contributed by atoms with Gasteiger partial charge in [0.2, 0.25) is 0 Å². The average molecular weight is 453 g/mol. The predicted molar refractivity (Wildman–Crippen MR) is 71.3 cm³/mol. The van der Waals surface area contributed by atoms with Crippen molar-refractivity contribution in [1.82, 2.24) is 0 Å². The summed E-state index contributed by atoms with van der Waals surface area (Å²) in [5, 5.41) is 9.64. The summed E-state index contributed by atoms with van der Waals surface area (Å²) in [5.41, 5.74) is 6.16. The molecule has 2 nitrogen and oxygen atoms in total. The van der Waals surface area contributed by atoms with Crippen molar-refractivity contribution in [2.75, 3.05) is 6.54 Å². The van der Waals surface area contributed by atoms with E-state index in [2.05, 4.69) is 63.7 Å². The molecule has 0 unspecified atom stereocenters. The van der Waals surface area contributed by atoms with Gasteiger partial charge in [-0.25, -0.2) is 0 Å². The Balaban J connectivity index is 3.33. The van der Waals surface area contributed by atoms with Crippen LogP contribution in [-0.2, 0) is 0 Å². The van der Waals surface area contributed by atoms with E-state index < -0.39 is 6.10 Å². The summed E-state index contributed by atoms with van der Waals surface area (Å²) in [4.78, 5) is 0. The fraction of sp³-hybridized carbons (Fsp3) is 0.250. The highest BCUT2D eigenvalue weighted by Crippen LogP contribution is 2.40. The lowest BCUT2D eigenvalue weighted by Crippen LogP contribution is -2.12. The minimum atomic E-state index is -0.662. The molecule has 0 amide bonds. The van der Waals surface area contributed by atoms with Crippen LogP contribution < -0.4 is 5.73 Å². The molecule has 6 heteroatoms. The number of hydrogen-bond donors (Lipinski definition) is 2. The fourth-order valence-electron chi connectivity index (χ4n) is 0.961. The van der Waals surface area contributed by atoms with Crippen LogP contribution in [0.5, 0.6) is 0 Å². The van der Waals surface area contributed by atoms with Crippen LogP contribution in [0.2, 0.25) is 0 Å². The van der Waals surface area contributed by atoms with Crippen LogP contribution in [0.3, 0.4) is 0 Å². The largest absolute Gasteiger partial charge is 0.387 e. The molecule has 0 radical (unpaired) electrons. The molecule has 0 spiro atoms. The molecule has 14 heavy (non-hydrogen) atoms. The van der Waals surface area contributed by atoms with E-state index in [-0.39, 0.29) is 6.54 Å². The molecule has 0 bridgehead atoms. The molecule has 0 saturated heterocycles. The molecule has 0 aliphatic carbocycles. The Hall–Kier alpha value is 1.06. The maximum Gasteiger partial charge on any atom is 0.0923 e. The van der Waals surface area contributed by atoms with Crippen molar-refractivity contribution in [2.24, 2.45) is 5.73 Å². The molecule has 0 aliphatic heterocycles. The molecule has 0 saturated carbocycles. The van der Waals surface area contributed by atoms with Gasteiger partial charge in [-0.15, -0.1) is 0 Å². The molecule has 1 aromatic carbocycles. The standard InChI is InChI=1S/C8H7Br4NO/c9-4-1-3(5(14)2-13)6(10)8(12)7(4)11/h1,5,14H,2,13H2/t5-/m0/s1. The molecule has 0 heterocycles. The summed E-state index contributed by atoms with van der Waals surface area (Å²) in [6.45, 7) is 0.194. The topological polar surface area (TPSA) is 46.2 Å². The Morgan fingerprint density at radius 1 is 1.14 bits per heavy atom. The van der Waals surface area contributed by atoms with Gasteiger partial charge in [0.15, 0.2) is 0 Å². The Bertz CT molecular complexity index is 356. The molecular formula is C8H7Br4NO. The Kier molecular flexibility index (Phi) is 5.07. The first kappa shape index (κ1) is 13.1. The summed E-state index contributed by atoms with van der Waals surface area (Å²) >= 11 is 13.6. The fourth-order valence-corrected chi connectivity index (χ4v) is 3.27. The van der Waals surface area contributed by atoms with Crippen molar-refractivity contribution in [2.45, 2.75) is 6.10 Å². The molecular weight excluding hydrogens is 446 g/mol.